The Morgan fingerprint density at radius 1 is 1.25 bits per heavy atom. The van der Waals surface area contributed by atoms with Crippen LogP contribution < -0.4 is 5.73 Å². The number of piperazine rings is 1. The minimum Gasteiger partial charge on any atom is -0.384 e. The van der Waals surface area contributed by atoms with Crippen molar-refractivity contribution in [1.82, 2.24) is 14.2 Å². The number of aromatic nitrogens is 1. The summed E-state index contributed by atoms with van der Waals surface area (Å²) in [5.41, 5.74) is 6.81. The number of amides is 1. The summed E-state index contributed by atoms with van der Waals surface area (Å²) in [6.07, 6.45) is 1.18. The van der Waals surface area contributed by atoms with Crippen LogP contribution in [-0.2, 0) is 10.0 Å². The van der Waals surface area contributed by atoms with Gasteiger partial charge in [0.2, 0.25) is 10.0 Å². The van der Waals surface area contributed by atoms with Crippen LogP contribution in [0.1, 0.15) is 16.1 Å². The Balaban J connectivity index is 2.09. The summed E-state index contributed by atoms with van der Waals surface area (Å²) in [5.74, 6) is 0.165. The summed E-state index contributed by atoms with van der Waals surface area (Å²) < 4.78 is 24.2. The minimum atomic E-state index is -3.19. The van der Waals surface area contributed by atoms with E-state index in [-0.39, 0.29) is 5.91 Å². The Hall–Kier alpha value is -1.67. The monoisotopic (exact) mass is 298 g/mol. The predicted octanol–water partition coefficient (Wildman–Crippen LogP) is -0.310. The molecule has 2 N–H and O–H groups in total. The Morgan fingerprint density at radius 2 is 1.85 bits per heavy atom. The maximum atomic E-state index is 12.3. The number of nitrogen functional groups attached to an aromatic ring is 1. The molecule has 1 amide bonds. The molecule has 0 bridgehead atoms. The molecule has 1 saturated heterocycles. The van der Waals surface area contributed by atoms with E-state index in [1.807, 2.05) is 0 Å². The summed E-state index contributed by atoms with van der Waals surface area (Å²) >= 11 is 0. The number of nitrogens with zero attached hydrogens (tertiary/aromatic N) is 3. The van der Waals surface area contributed by atoms with Crippen LogP contribution in [0, 0.1) is 6.92 Å². The molecule has 0 aliphatic carbocycles. The summed E-state index contributed by atoms with van der Waals surface area (Å²) in [7, 11) is -3.19. The highest BCUT2D eigenvalue weighted by molar-refractivity contribution is 7.88. The molecule has 8 heteroatoms. The molecule has 0 radical (unpaired) electrons. The second-order valence-electron chi connectivity index (χ2n) is 4.88. The van der Waals surface area contributed by atoms with Crippen LogP contribution in [0.5, 0.6) is 0 Å². The first-order valence-electron chi connectivity index (χ1n) is 6.26. The number of aryl methyl sites for hydroxylation is 1. The molecule has 1 fully saturated rings. The first-order valence-corrected chi connectivity index (χ1v) is 8.11. The van der Waals surface area contributed by atoms with Gasteiger partial charge in [-0.1, -0.05) is 0 Å². The third-order valence-corrected chi connectivity index (χ3v) is 4.52. The highest BCUT2D eigenvalue weighted by atomic mass is 32.2. The van der Waals surface area contributed by atoms with E-state index in [1.54, 1.807) is 17.9 Å². The molecule has 1 aromatic heterocycles. The first-order chi connectivity index (χ1) is 9.27. The predicted molar refractivity (Wildman–Crippen MR) is 75.7 cm³/mol. The number of anilines is 1. The van der Waals surface area contributed by atoms with Crippen LogP contribution in [-0.4, -0.2) is 60.9 Å². The van der Waals surface area contributed by atoms with Crippen LogP contribution in [0.15, 0.2) is 12.1 Å². The van der Waals surface area contributed by atoms with Gasteiger partial charge in [-0.2, -0.15) is 4.31 Å². The fourth-order valence-electron chi connectivity index (χ4n) is 2.22. The topological polar surface area (TPSA) is 96.6 Å². The molecular weight excluding hydrogens is 280 g/mol. The average Bonchev–Trinajstić information content (AvgIpc) is 2.36. The Labute approximate surface area is 118 Å². The van der Waals surface area contributed by atoms with Gasteiger partial charge in [-0.3, -0.25) is 4.79 Å². The van der Waals surface area contributed by atoms with Crippen molar-refractivity contribution in [2.75, 3.05) is 38.2 Å². The van der Waals surface area contributed by atoms with Gasteiger partial charge in [0.15, 0.2) is 0 Å². The molecule has 2 heterocycles. The van der Waals surface area contributed by atoms with Crippen molar-refractivity contribution in [2.24, 2.45) is 0 Å². The molecule has 0 atom stereocenters. The van der Waals surface area contributed by atoms with E-state index in [0.717, 1.165) is 0 Å². The highest BCUT2D eigenvalue weighted by Gasteiger charge is 2.26. The SMILES string of the molecule is Cc1cc(C(=O)N2CCN(S(C)(=O)=O)CC2)cc(N)n1. The smallest absolute Gasteiger partial charge is 0.254 e. The molecule has 110 valence electrons. The number of carbonyl (C=O) groups excluding carboxylic acids is 1. The first kappa shape index (κ1) is 14.7. The van der Waals surface area contributed by atoms with E-state index < -0.39 is 10.0 Å². The van der Waals surface area contributed by atoms with E-state index in [2.05, 4.69) is 4.98 Å². The van der Waals surface area contributed by atoms with Gasteiger partial charge in [0.1, 0.15) is 5.82 Å². The number of sulfonamides is 1. The lowest BCUT2D eigenvalue weighted by Gasteiger charge is -2.33. The van der Waals surface area contributed by atoms with Crippen LogP contribution >= 0.6 is 0 Å². The zero-order valence-corrected chi connectivity index (χ0v) is 12.4. The van der Waals surface area contributed by atoms with Crippen LogP contribution in [0.25, 0.3) is 0 Å². The molecule has 2 rings (SSSR count). The zero-order valence-electron chi connectivity index (χ0n) is 11.5. The van der Waals surface area contributed by atoms with Gasteiger partial charge in [-0.05, 0) is 19.1 Å². The molecule has 7 nitrogen and oxygen atoms in total. The summed E-state index contributed by atoms with van der Waals surface area (Å²) in [6.45, 7) is 3.18. The Kier molecular flexibility index (Phi) is 3.96. The fourth-order valence-corrected chi connectivity index (χ4v) is 3.05. The van der Waals surface area contributed by atoms with Crippen molar-refractivity contribution >= 4 is 21.7 Å². The van der Waals surface area contributed by atoms with Gasteiger partial charge in [0.05, 0.1) is 6.26 Å². The van der Waals surface area contributed by atoms with Crippen molar-refractivity contribution in [1.29, 1.82) is 0 Å². The molecule has 0 spiro atoms. The summed E-state index contributed by atoms with van der Waals surface area (Å²) in [5, 5.41) is 0. The summed E-state index contributed by atoms with van der Waals surface area (Å²) in [6, 6.07) is 3.22. The summed E-state index contributed by atoms with van der Waals surface area (Å²) in [4.78, 5) is 18.0. The van der Waals surface area contributed by atoms with Crippen molar-refractivity contribution < 1.29 is 13.2 Å². The number of hydrogen-bond donors (Lipinski definition) is 1. The third-order valence-electron chi connectivity index (χ3n) is 3.22. The molecule has 0 aromatic carbocycles. The number of hydrogen-bond acceptors (Lipinski definition) is 5. The quantitative estimate of drug-likeness (QED) is 0.808. The average molecular weight is 298 g/mol. The Bertz CT molecular complexity index is 601. The van der Waals surface area contributed by atoms with Crippen LogP contribution in [0.4, 0.5) is 5.82 Å². The lowest BCUT2D eigenvalue weighted by molar-refractivity contribution is 0.0698. The molecule has 1 aromatic rings. The lowest BCUT2D eigenvalue weighted by atomic mass is 10.2. The minimum absolute atomic E-state index is 0.143. The lowest BCUT2D eigenvalue weighted by Crippen LogP contribution is -2.50. The molecular formula is C12H18N4O3S. The standard InChI is InChI=1S/C12H18N4O3S/c1-9-7-10(8-11(13)14-9)12(17)15-3-5-16(6-4-15)20(2,18)19/h7-8H,3-6H2,1-2H3,(H2,13,14). The van der Waals surface area contributed by atoms with E-state index in [9.17, 15) is 13.2 Å². The van der Waals surface area contributed by atoms with Gasteiger partial charge in [0, 0.05) is 37.4 Å². The van der Waals surface area contributed by atoms with Gasteiger partial charge in [-0.25, -0.2) is 13.4 Å². The van der Waals surface area contributed by atoms with Crippen LogP contribution in [0.3, 0.4) is 0 Å². The van der Waals surface area contributed by atoms with Crippen molar-refractivity contribution in [3.05, 3.63) is 23.4 Å². The van der Waals surface area contributed by atoms with E-state index >= 15 is 0 Å². The molecule has 0 unspecified atom stereocenters. The number of carbonyl (C=O) groups is 1. The van der Waals surface area contributed by atoms with Gasteiger partial charge >= 0.3 is 0 Å². The van der Waals surface area contributed by atoms with Gasteiger partial charge < -0.3 is 10.6 Å². The zero-order chi connectivity index (χ0) is 14.9. The number of rotatable bonds is 2. The molecule has 20 heavy (non-hydrogen) atoms. The molecule has 1 aliphatic heterocycles. The van der Waals surface area contributed by atoms with Gasteiger partial charge in [-0.15, -0.1) is 0 Å². The Morgan fingerprint density at radius 3 is 2.35 bits per heavy atom. The van der Waals surface area contributed by atoms with Crippen molar-refractivity contribution in [2.45, 2.75) is 6.92 Å². The molecule has 0 saturated carbocycles. The third kappa shape index (κ3) is 3.26. The van der Waals surface area contributed by atoms with Crippen molar-refractivity contribution in [3.63, 3.8) is 0 Å². The van der Waals surface area contributed by atoms with E-state index in [1.165, 1.54) is 16.6 Å². The second kappa shape index (κ2) is 5.37. The maximum absolute atomic E-state index is 12.3. The largest absolute Gasteiger partial charge is 0.384 e. The maximum Gasteiger partial charge on any atom is 0.254 e. The fraction of sp³-hybridized carbons (Fsp3) is 0.500. The van der Waals surface area contributed by atoms with E-state index in [0.29, 0.717) is 43.3 Å². The molecule has 1 aliphatic rings. The second-order valence-corrected chi connectivity index (χ2v) is 6.86. The van der Waals surface area contributed by atoms with Gasteiger partial charge in [0.25, 0.3) is 5.91 Å². The number of pyridine rings is 1. The van der Waals surface area contributed by atoms with Crippen LogP contribution in [0.2, 0.25) is 0 Å². The van der Waals surface area contributed by atoms with E-state index in [4.69, 9.17) is 5.73 Å². The number of nitrogens with two attached hydrogens (primary N) is 1. The highest BCUT2D eigenvalue weighted by Crippen LogP contribution is 2.13. The normalized spacial score (nSPS) is 17.2. The van der Waals surface area contributed by atoms with Crippen molar-refractivity contribution in [3.8, 4) is 0 Å².